The molecule has 3 aromatic rings. The van der Waals surface area contributed by atoms with Crippen molar-refractivity contribution in [2.24, 2.45) is 0 Å². The third-order valence-corrected chi connectivity index (χ3v) is 3.95. The molecule has 3 nitrogen and oxygen atoms in total. The zero-order chi connectivity index (χ0) is 15.4. The number of aryl methyl sites for hydroxylation is 1. The van der Waals surface area contributed by atoms with Crippen LogP contribution in [-0.4, -0.2) is 17.2 Å². The zero-order valence-electron chi connectivity index (χ0n) is 12.6. The molecule has 22 heavy (non-hydrogen) atoms. The molecule has 0 radical (unpaired) electrons. The van der Waals surface area contributed by atoms with Crippen LogP contribution in [0.25, 0.3) is 10.8 Å². The van der Waals surface area contributed by atoms with Gasteiger partial charge in [-0.25, -0.2) is 0 Å². The number of hydrogen-bond donors (Lipinski definition) is 1. The Morgan fingerprint density at radius 1 is 1.09 bits per heavy atom. The quantitative estimate of drug-likeness (QED) is 0.775. The van der Waals surface area contributed by atoms with E-state index in [0.717, 1.165) is 23.3 Å². The van der Waals surface area contributed by atoms with E-state index in [1.54, 1.807) is 19.5 Å². The van der Waals surface area contributed by atoms with Gasteiger partial charge in [-0.15, -0.1) is 0 Å². The molecule has 0 bridgehead atoms. The monoisotopic (exact) mass is 293 g/mol. The van der Waals surface area contributed by atoms with Gasteiger partial charge in [0.2, 0.25) is 0 Å². The predicted molar refractivity (Wildman–Crippen MR) is 88.0 cm³/mol. The summed E-state index contributed by atoms with van der Waals surface area (Å²) in [6.07, 6.45) is 4.29. The van der Waals surface area contributed by atoms with E-state index in [9.17, 15) is 5.11 Å². The first-order valence-corrected chi connectivity index (χ1v) is 7.42. The number of aliphatic hydroxyl groups is 1. The minimum atomic E-state index is -0.516. The fraction of sp³-hybridized carbons (Fsp3) is 0.211. The largest absolute Gasteiger partial charge is 0.496 e. The summed E-state index contributed by atoms with van der Waals surface area (Å²) in [5, 5.41) is 12.7. The second-order valence-electron chi connectivity index (χ2n) is 5.31. The second kappa shape index (κ2) is 6.58. The summed E-state index contributed by atoms with van der Waals surface area (Å²) in [6, 6.07) is 16.1. The molecule has 1 unspecified atom stereocenters. The molecule has 1 atom stereocenters. The third kappa shape index (κ3) is 2.95. The first kappa shape index (κ1) is 14.5. The maximum atomic E-state index is 10.3. The van der Waals surface area contributed by atoms with Gasteiger partial charge in [0.25, 0.3) is 0 Å². The Labute approximate surface area is 130 Å². The minimum absolute atomic E-state index is 0.516. The summed E-state index contributed by atoms with van der Waals surface area (Å²) in [4.78, 5) is 4.06. The van der Waals surface area contributed by atoms with Gasteiger partial charge in [0.15, 0.2) is 0 Å². The van der Waals surface area contributed by atoms with Gasteiger partial charge in [-0.3, -0.25) is 4.98 Å². The van der Waals surface area contributed by atoms with E-state index in [-0.39, 0.29) is 0 Å². The average Bonchev–Trinajstić information content (AvgIpc) is 2.60. The van der Waals surface area contributed by atoms with Crippen LogP contribution in [0.3, 0.4) is 0 Å². The van der Waals surface area contributed by atoms with Gasteiger partial charge in [-0.1, -0.05) is 36.4 Å². The first-order chi connectivity index (χ1) is 10.8. The highest BCUT2D eigenvalue weighted by atomic mass is 16.5. The molecule has 2 aromatic carbocycles. The molecule has 0 saturated carbocycles. The fourth-order valence-electron chi connectivity index (χ4n) is 2.79. The molecule has 3 heteroatoms. The van der Waals surface area contributed by atoms with E-state index < -0.39 is 6.10 Å². The maximum absolute atomic E-state index is 10.3. The molecule has 0 spiro atoms. The van der Waals surface area contributed by atoms with E-state index in [1.165, 1.54) is 10.8 Å². The van der Waals surface area contributed by atoms with Crippen LogP contribution < -0.4 is 4.74 Å². The number of benzene rings is 2. The lowest BCUT2D eigenvalue weighted by Gasteiger charge is -2.15. The van der Waals surface area contributed by atoms with E-state index >= 15 is 0 Å². The minimum Gasteiger partial charge on any atom is -0.496 e. The molecular weight excluding hydrogens is 274 g/mol. The predicted octanol–water partition coefficient (Wildman–Crippen LogP) is 3.91. The number of fused-ring (bicyclic) bond motifs is 1. The van der Waals surface area contributed by atoms with Crippen LogP contribution in [0, 0.1) is 0 Å². The van der Waals surface area contributed by atoms with Crippen molar-refractivity contribution >= 4 is 10.8 Å². The molecule has 0 aliphatic carbocycles. The van der Waals surface area contributed by atoms with Crippen LogP contribution in [-0.2, 0) is 6.42 Å². The number of pyridine rings is 1. The van der Waals surface area contributed by atoms with Gasteiger partial charge in [0.1, 0.15) is 5.75 Å². The van der Waals surface area contributed by atoms with Crippen molar-refractivity contribution in [1.82, 2.24) is 4.98 Å². The van der Waals surface area contributed by atoms with Crippen LogP contribution in [0.5, 0.6) is 5.75 Å². The smallest absolute Gasteiger partial charge is 0.122 e. The SMILES string of the molecule is COc1ccc2ccccc2c1CCC(O)c1cccnc1. The van der Waals surface area contributed by atoms with Crippen molar-refractivity contribution in [3.8, 4) is 5.75 Å². The van der Waals surface area contributed by atoms with Crippen molar-refractivity contribution in [3.05, 3.63) is 72.1 Å². The maximum Gasteiger partial charge on any atom is 0.122 e. The van der Waals surface area contributed by atoms with Gasteiger partial charge in [0, 0.05) is 18.0 Å². The Balaban J connectivity index is 1.87. The number of hydrogen-bond acceptors (Lipinski definition) is 3. The van der Waals surface area contributed by atoms with Crippen LogP contribution >= 0.6 is 0 Å². The normalized spacial score (nSPS) is 12.3. The number of methoxy groups -OCH3 is 1. The van der Waals surface area contributed by atoms with Gasteiger partial charge < -0.3 is 9.84 Å². The molecule has 112 valence electrons. The highest BCUT2D eigenvalue weighted by molar-refractivity contribution is 5.87. The summed E-state index contributed by atoms with van der Waals surface area (Å²) in [5.41, 5.74) is 1.99. The van der Waals surface area contributed by atoms with E-state index in [4.69, 9.17) is 4.74 Å². The lowest BCUT2D eigenvalue weighted by atomic mass is 9.97. The highest BCUT2D eigenvalue weighted by Crippen LogP contribution is 2.30. The van der Waals surface area contributed by atoms with Crippen LogP contribution in [0.15, 0.2) is 60.9 Å². The van der Waals surface area contributed by atoms with Crippen LogP contribution in [0.4, 0.5) is 0 Å². The molecule has 0 saturated heterocycles. The van der Waals surface area contributed by atoms with Crippen molar-refractivity contribution in [1.29, 1.82) is 0 Å². The van der Waals surface area contributed by atoms with Crippen molar-refractivity contribution < 1.29 is 9.84 Å². The van der Waals surface area contributed by atoms with E-state index in [1.807, 2.05) is 30.3 Å². The zero-order valence-corrected chi connectivity index (χ0v) is 12.6. The lowest BCUT2D eigenvalue weighted by Crippen LogP contribution is -2.02. The van der Waals surface area contributed by atoms with Crippen LogP contribution in [0.2, 0.25) is 0 Å². The summed E-state index contributed by atoms with van der Waals surface area (Å²) < 4.78 is 5.50. The molecule has 0 aliphatic rings. The summed E-state index contributed by atoms with van der Waals surface area (Å²) in [7, 11) is 1.69. The third-order valence-electron chi connectivity index (χ3n) is 3.95. The fourth-order valence-corrected chi connectivity index (χ4v) is 2.79. The van der Waals surface area contributed by atoms with Gasteiger partial charge in [-0.2, -0.15) is 0 Å². The molecule has 3 rings (SSSR count). The standard InChI is InChI=1S/C19H19NO2/c1-22-19-11-8-14-5-2-3-7-16(14)17(19)9-10-18(21)15-6-4-12-20-13-15/h2-8,11-13,18,21H,9-10H2,1H3. The van der Waals surface area contributed by atoms with Gasteiger partial charge in [-0.05, 0) is 41.3 Å². The Morgan fingerprint density at radius 3 is 2.73 bits per heavy atom. The Kier molecular flexibility index (Phi) is 4.35. The second-order valence-corrected chi connectivity index (χ2v) is 5.31. The number of nitrogens with zero attached hydrogens (tertiary/aromatic N) is 1. The molecule has 0 fully saturated rings. The molecule has 1 N–H and O–H groups in total. The molecule has 0 aliphatic heterocycles. The van der Waals surface area contributed by atoms with Gasteiger partial charge >= 0.3 is 0 Å². The Morgan fingerprint density at radius 2 is 1.95 bits per heavy atom. The van der Waals surface area contributed by atoms with E-state index in [0.29, 0.717) is 6.42 Å². The number of ether oxygens (including phenoxy) is 1. The number of aromatic nitrogens is 1. The topological polar surface area (TPSA) is 42.4 Å². The highest BCUT2D eigenvalue weighted by Gasteiger charge is 2.12. The number of aliphatic hydroxyl groups excluding tert-OH is 1. The first-order valence-electron chi connectivity index (χ1n) is 7.42. The molecule has 1 heterocycles. The Hall–Kier alpha value is -2.39. The van der Waals surface area contributed by atoms with E-state index in [2.05, 4.69) is 23.2 Å². The van der Waals surface area contributed by atoms with Crippen molar-refractivity contribution in [2.45, 2.75) is 18.9 Å². The van der Waals surface area contributed by atoms with Gasteiger partial charge in [0.05, 0.1) is 13.2 Å². The van der Waals surface area contributed by atoms with Crippen molar-refractivity contribution in [2.75, 3.05) is 7.11 Å². The average molecular weight is 293 g/mol. The summed E-state index contributed by atoms with van der Waals surface area (Å²) in [6.45, 7) is 0. The number of rotatable bonds is 5. The van der Waals surface area contributed by atoms with Crippen molar-refractivity contribution in [3.63, 3.8) is 0 Å². The lowest BCUT2D eigenvalue weighted by molar-refractivity contribution is 0.167. The summed E-state index contributed by atoms with van der Waals surface area (Å²) >= 11 is 0. The molecule has 0 amide bonds. The molecule has 1 aromatic heterocycles. The van der Waals surface area contributed by atoms with Crippen LogP contribution in [0.1, 0.15) is 23.7 Å². The molecular formula is C19H19NO2. The Bertz CT molecular complexity index is 756. The summed E-state index contributed by atoms with van der Waals surface area (Å²) in [5.74, 6) is 0.872.